The predicted molar refractivity (Wildman–Crippen MR) is 116 cm³/mol. The summed E-state index contributed by atoms with van der Waals surface area (Å²) in [5, 5.41) is 10.4. The molecule has 0 bridgehead atoms. The SMILES string of the molecule is CCOC(=O)C1=C(C)Nc2ccccc2N=C1NC(=O)c1cc(C(C)(C)C)nn1C. The van der Waals surface area contributed by atoms with Crippen molar-refractivity contribution in [1.29, 1.82) is 0 Å². The van der Waals surface area contributed by atoms with Gasteiger partial charge in [0.15, 0.2) is 0 Å². The highest BCUT2D eigenvalue weighted by Crippen LogP contribution is 2.30. The number of esters is 1. The Hall–Kier alpha value is -3.42. The first-order chi connectivity index (χ1) is 14.1. The summed E-state index contributed by atoms with van der Waals surface area (Å²) in [7, 11) is 1.71. The van der Waals surface area contributed by atoms with Gasteiger partial charge in [0, 0.05) is 18.2 Å². The number of aryl methyl sites for hydroxylation is 1. The van der Waals surface area contributed by atoms with Crippen LogP contribution in [0.4, 0.5) is 11.4 Å². The number of nitrogens with one attached hydrogen (secondary N) is 2. The molecule has 2 N–H and O–H groups in total. The van der Waals surface area contributed by atoms with Gasteiger partial charge in [0.05, 0.1) is 23.7 Å². The molecule has 0 saturated carbocycles. The van der Waals surface area contributed by atoms with Gasteiger partial charge < -0.3 is 15.4 Å². The van der Waals surface area contributed by atoms with Crippen LogP contribution in [0.15, 0.2) is 46.6 Å². The smallest absolute Gasteiger partial charge is 0.343 e. The average molecular weight is 409 g/mol. The van der Waals surface area contributed by atoms with E-state index in [4.69, 9.17) is 4.74 Å². The summed E-state index contributed by atoms with van der Waals surface area (Å²) in [5.41, 5.74) is 3.02. The molecule has 0 aliphatic carbocycles. The van der Waals surface area contributed by atoms with Gasteiger partial charge in [-0.15, -0.1) is 0 Å². The van der Waals surface area contributed by atoms with Gasteiger partial charge in [0.2, 0.25) is 0 Å². The van der Waals surface area contributed by atoms with E-state index in [1.807, 2.05) is 39.0 Å². The number of hydrogen-bond acceptors (Lipinski definition) is 6. The van der Waals surface area contributed by atoms with Crippen molar-refractivity contribution in [3.63, 3.8) is 0 Å². The Balaban J connectivity index is 2.03. The topological polar surface area (TPSA) is 97.6 Å². The number of allylic oxidation sites excluding steroid dienone is 1. The van der Waals surface area contributed by atoms with E-state index in [2.05, 4.69) is 20.7 Å². The summed E-state index contributed by atoms with van der Waals surface area (Å²) < 4.78 is 6.74. The molecule has 2 aromatic rings. The lowest BCUT2D eigenvalue weighted by Gasteiger charge is -2.14. The largest absolute Gasteiger partial charge is 0.462 e. The third kappa shape index (κ3) is 4.27. The first-order valence-electron chi connectivity index (χ1n) is 9.80. The molecule has 1 amide bonds. The van der Waals surface area contributed by atoms with Crippen molar-refractivity contribution in [3.05, 3.63) is 53.0 Å². The fourth-order valence-electron chi connectivity index (χ4n) is 3.06. The lowest BCUT2D eigenvalue weighted by atomic mass is 9.92. The number of carbonyl (C=O) groups excluding carboxylic acids is 2. The lowest BCUT2D eigenvalue weighted by molar-refractivity contribution is -0.137. The molecular weight excluding hydrogens is 382 g/mol. The standard InChI is InChI=1S/C22H27N5O3/c1-7-30-21(29)18-13(2)23-14-10-8-9-11-15(14)24-19(18)25-20(28)16-12-17(22(3,4)5)26-27(16)6/h8-12,23H,7H2,1-6H3,(H,24,25,28). The van der Waals surface area contributed by atoms with Gasteiger partial charge in [0.25, 0.3) is 5.91 Å². The second-order valence-corrected chi connectivity index (χ2v) is 8.07. The van der Waals surface area contributed by atoms with Crippen molar-refractivity contribution >= 4 is 29.1 Å². The lowest BCUT2D eigenvalue weighted by Crippen LogP contribution is -2.36. The number of amidine groups is 1. The molecule has 1 aliphatic rings. The maximum Gasteiger partial charge on any atom is 0.343 e. The summed E-state index contributed by atoms with van der Waals surface area (Å²) in [5.74, 6) is -0.838. The van der Waals surface area contributed by atoms with Crippen LogP contribution in [-0.2, 0) is 22.0 Å². The van der Waals surface area contributed by atoms with E-state index in [1.165, 1.54) is 4.68 Å². The minimum Gasteiger partial charge on any atom is -0.462 e. The van der Waals surface area contributed by atoms with Crippen LogP contribution in [0, 0.1) is 0 Å². The quantitative estimate of drug-likeness (QED) is 0.757. The number of fused-ring (bicyclic) bond motifs is 1. The van der Waals surface area contributed by atoms with Crippen molar-refractivity contribution in [2.24, 2.45) is 12.0 Å². The maximum atomic E-state index is 13.1. The van der Waals surface area contributed by atoms with Crippen molar-refractivity contribution in [2.75, 3.05) is 11.9 Å². The van der Waals surface area contributed by atoms with E-state index in [9.17, 15) is 9.59 Å². The monoisotopic (exact) mass is 409 g/mol. The van der Waals surface area contributed by atoms with Crippen LogP contribution in [0.3, 0.4) is 0 Å². The van der Waals surface area contributed by atoms with E-state index in [0.29, 0.717) is 17.1 Å². The molecule has 0 unspecified atom stereocenters. The Morgan fingerprint density at radius 2 is 1.93 bits per heavy atom. The molecule has 0 saturated heterocycles. The van der Waals surface area contributed by atoms with Crippen molar-refractivity contribution in [3.8, 4) is 0 Å². The zero-order valence-electron chi connectivity index (χ0n) is 18.2. The van der Waals surface area contributed by atoms with Crippen LogP contribution >= 0.6 is 0 Å². The van der Waals surface area contributed by atoms with Gasteiger partial charge in [-0.25, -0.2) is 9.79 Å². The molecule has 1 aromatic heterocycles. The highest BCUT2D eigenvalue weighted by molar-refractivity contribution is 6.25. The molecule has 1 aromatic carbocycles. The second-order valence-electron chi connectivity index (χ2n) is 8.07. The summed E-state index contributed by atoms with van der Waals surface area (Å²) >= 11 is 0. The molecule has 0 radical (unpaired) electrons. The average Bonchev–Trinajstić information content (AvgIpc) is 2.99. The van der Waals surface area contributed by atoms with Gasteiger partial charge in [-0.05, 0) is 32.0 Å². The van der Waals surface area contributed by atoms with Crippen LogP contribution < -0.4 is 10.6 Å². The Morgan fingerprint density at radius 1 is 1.23 bits per heavy atom. The van der Waals surface area contributed by atoms with Crippen LogP contribution in [0.2, 0.25) is 0 Å². The molecule has 30 heavy (non-hydrogen) atoms. The summed E-state index contributed by atoms with van der Waals surface area (Å²) in [6.07, 6.45) is 0. The van der Waals surface area contributed by atoms with Crippen LogP contribution in [0.5, 0.6) is 0 Å². The molecule has 0 spiro atoms. The zero-order chi connectivity index (χ0) is 22.1. The summed E-state index contributed by atoms with van der Waals surface area (Å²) in [6.45, 7) is 9.77. The minimum absolute atomic E-state index is 0.131. The number of aromatic nitrogens is 2. The number of ether oxygens (including phenoxy) is 1. The minimum atomic E-state index is -0.560. The van der Waals surface area contributed by atoms with Gasteiger partial charge in [0.1, 0.15) is 17.1 Å². The van der Waals surface area contributed by atoms with Gasteiger partial charge in [-0.3, -0.25) is 9.48 Å². The Bertz CT molecular complexity index is 1060. The number of para-hydroxylation sites is 2. The van der Waals surface area contributed by atoms with Gasteiger partial charge in [-0.1, -0.05) is 32.9 Å². The van der Waals surface area contributed by atoms with Crippen molar-refractivity contribution in [2.45, 2.75) is 40.0 Å². The number of carbonyl (C=O) groups is 2. The first kappa shape index (κ1) is 21.3. The third-order valence-electron chi connectivity index (χ3n) is 4.66. The normalized spacial score (nSPS) is 13.7. The molecule has 0 atom stereocenters. The van der Waals surface area contributed by atoms with Crippen LogP contribution in [0.25, 0.3) is 0 Å². The third-order valence-corrected chi connectivity index (χ3v) is 4.66. The molecule has 1 aliphatic heterocycles. The van der Waals surface area contributed by atoms with E-state index < -0.39 is 11.9 Å². The Labute approximate surface area is 176 Å². The Morgan fingerprint density at radius 3 is 2.57 bits per heavy atom. The summed E-state index contributed by atoms with van der Waals surface area (Å²) in [6, 6.07) is 9.11. The zero-order valence-corrected chi connectivity index (χ0v) is 18.2. The molecular formula is C22H27N5O3. The van der Waals surface area contributed by atoms with Crippen molar-refractivity contribution in [1.82, 2.24) is 15.1 Å². The predicted octanol–water partition coefficient (Wildman–Crippen LogP) is 3.44. The van der Waals surface area contributed by atoms with Crippen LogP contribution in [0.1, 0.15) is 50.8 Å². The molecule has 2 heterocycles. The molecule has 0 fully saturated rings. The number of hydrogen-bond donors (Lipinski definition) is 2. The molecule has 158 valence electrons. The molecule has 8 heteroatoms. The van der Waals surface area contributed by atoms with Crippen LogP contribution in [-0.4, -0.2) is 34.1 Å². The highest BCUT2D eigenvalue weighted by atomic mass is 16.5. The molecule has 3 rings (SSSR count). The van der Waals surface area contributed by atoms with E-state index in [-0.39, 0.29) is 23.4 Å². The number of nitrogens with zero attached hydrogens (tertiary/aromatic N) is 3. The Kier molecular flexibility index (Phi) is 5.78. The van der Waals surface area contributed by atoms with Crippen molar-refractivity contribution < 1.29 is 14.3 Å². The van der Waals surface area contributed by atoms with E-state index in [0.717, 1.165) is 11.4 Å². The van der Waals surface area contributed by atoms with Gasteiger partial charge in [-0.2, -0.15) is 5.10 Å². The number of amides is 1. The fraction of sp³-hybridized carbons (Fsp3) is 0.364. The maximum absolute atomic E-state index is 13.1. The first-order valence-corrected chi connectivity index (χ1v) is 9.80. The van der Waals surface area contributed by atoms with E-state index in [1.54, 1.807) is 33.0 Å². The number of benzene rings is 1. The number of aliphatic imine (C=N–C) groups is 1. The van der Waals surface area contributed by atoms with Gasteiger partial charge >= 0.3 is 5.97 Å². The number of rotatable bonds is 3. The second kappa shape index (κ2) is 8.14. The highest BCUT2D eigenvalue weighted by Gasteiger charge is 2.28. The van der Waals surface area contributed by atoms with E-state index >= 15 is 0 Å². The summed E-state index contributed by atoms with van der Waals surface area (Å²) in [4.78, 5) is 30.3. The number of anilines is 1. The fourth-order valence-corrected chi connectivity index (χ4v) is 3.06. The molecule has 8 nitrogen and oxygen atoms in total.